The number of hydrogen-bond donors (Lipinski definition) is 7. The van der Waals surface area contributed by atoms with E-state index in [9.17, 15) is 39.0 Å². The molecule has 10 rings (SSSR count). The van der Waals surface area contributed by atoms with Gasteiger partial charge in [0.2, 0.25) is 11.8 Å². The van der Waals surface area contributed by atoms with Gasteiger partial charge in [0.15, 0.2) is 5.78 Å². The Morgan fingerprint density at radius 3 is 2.24 bits per heavy atom. The van der Waals surface area contributed by atoms with Crippen molar-refractivity contribution >= 4 is 115 Å². The summed E-state index contributed by atoms with van der Waals surface area (Å²) in [7, 11) is 3.05. The number of nitrogens with one attached hydrogen (secondary N) is 5. The third-order valence-corrected chi connectivity index (χ3v) is 19.5. The van der Waals surface area contributed by atoms with Gasteiger partial charge in [-0.15, -0.1) is 68.0 Å². The zero-order valence-corrected chi connectivity index (χ0v) is 50.0. The van der Waals surface area contributed by atoms with Crippen LogP contribution in [-0.2, 0) is 30.5 Å². The maximum absolute atomic E-state index is 14.4. The van der Waals surface area contributed by atoms with Gasteiger partial charge in [-0.1, -0.05) is 50.8 Å². The van der Waals surface area contributed by atoms with Crippen molar-refractivity contribution in [3.63, 3.8) is 0 Å². The molecule has 8 aromatic rings. The fraction of sp³-hybridized carbons (Fsp3) is 0.327. The molecule has 4 atom stereocenters. The summed E-state index contributed by atoms with van der Waals surface area (Å²) < 4.78 is 11.0. The highest BCUT2D eigenvalue weighted by atomic mass is 32.1. The number of amides is 4. The molecule has 22 nitrogen and oxygen atoms in total. The minimum atomic E-state index is -1.22. The van der Waals surface area contributed by atoms with E-state index in [1.807, 2.05) is 19.9 Å². The maximum atomic E-state index is 14.4. The summed E-state index contributed by atoms with van der Waals surface area (Å²) in [4.78, 5) is 115. The van der Waals surface area contributed by atoms with E-state index in [0.29, 0.717) is 80.2 Å². The molecule has 0 unspecified atom stereocenters. The molecule has 28 heteroatoms. The Bertz CT molecular complexity index is 3750. The molecule has 10 bridgehead atoms. The fourth-order valence-electron chi connectivity index (χ4n) is 9.13. The lowest BCUT2D eigenvalue weighted by atomic mass is 9.82. The first-order valence-electron chi connectivity index (χ1n) is 25.9. The number of hydrogen-bond acceptors (Lipinski definition) is 23. The molecule has 83 heavy (non-hydrogen) atoms. The van der Waals surface area contributed by atoms with Gasteiger partial charge >= 0.3 is 12.1 Å². The number of anilines is 1. The van der Waals surface area contributed by atoms with Gasteiger partial charge in [0.25, 0.3) is 5.91 Å². The van der Waals surface area contributed by atoms with Crippen LogP contribution < -0.4 is 26.6 Å². The van der Waals surface area contributed by atoms with Crippen molar-refractivity contribution in [1.29, 1.82) is 0 Å². The van der Waals surface area contributed by atoms with Crippen LogP contribution in [0, 0.1) is 18.8 Å². The van der Waals surface area contributed by atoms with Crippen molar-refractivity contribution in [3.8, 4) is 43.4 Å². The second-order valence-electron chi connectivity index (χ2n) is 19.8. The summed E-state index contributed by atoms with van der Waals surface area (Å²) in [5.41, 5.74) is 3.78. The molecular weight excluding hydrogens is 1180 g/mol. The topological polar surface area (TPSA) is 312 Å². The van der Waals surface area contributed by atoms with Gasteiger partial charge in [-0.25, -0.2) is 39.7 Å². The predicted molar refractivity (Wildman–Crippen MR) is 317 cm³/mol. The molecule has 1 aromatic carbocycles. The number of rotatable bonds is 11. The van der Waals surface area contributed by atoms with Gasteiger partial charge in [0, 0.05) is 58.5 Å². The highest BCUT2D eigenvalue weighted by Crippen LogP contribution is 2.41. The molecule has 0 radical (unpaired) electrons. The molecule has 2 aliphatic rings. The third-order valence-electron chi connectivity index (χ3n) is 13.7. The Labute approximate surface area is 499 Å². The van der Waals surface area contributed by atoms with E-state index >= 15 is 0 Å². The largest absolute Gasteiger partial charge is 0.481 e. The van der Waals surface area contributed by atoms with Gasteiger partial charge in [0.1, 0.15) is 83.3 Å². The van der Waals surface area contributed by atoms with E-state index in [4.69, 9.17) is 39.4 Å². The number of carbonyl (C=O) groups excluding carboxylic acids is 5. The molecule has 1 fully saturated rings. The van der Waals surface area contributed by atoms with Crippen LogP contribution in [0.15, 0.2) is 70.6 Å². The Kier molecular flexibility index (Phi) is 18.0. The number of aromatic nitrogens is 7. The zero-order valence-electron chi connectivity index (χ0n) is 45.1. The van der Waals surface area contributed by atoms with Crippen LogP contribution in [0.25, 0.3) is 49.1 Å². The van der Waals surface area contributed by atoms with Crippen molar-refractivity contribution in [1.82, 2.24) is 56.2 Å². The maximum Gasteiger partial charge on any atom is 0.413 e. The van der Waals surface area contributed by atoms with Crippen molar-refractivity contribution in [2.45, 2.75) is 83.3 Å². The average Bonchev–Trinajstić information content (AvgIpc) is 3.79. The summed E-state index contributed by atoms with van der Waals surface area (Å²) in [6, 6.07) is 10.5. The molecule has 0 saturated heterocycles. The van der Waals surface area contributed by atoms with Crippen LogP contribution in [0.5, 0.6) is 0 Å². The number of aliphatic carboxylic acids is 1. The lowest BCUT2D eigenvalue weighted by Gasteiger charge is -2.31. The number of carboxylic acids is 1. The van der Waals surface area contributed by atoms with E-state index in [1.54, 1.807) is 72.0 Å². The summed E-state index contributed by atoms with van der Waals surface area (Å²) in [6.45, 7) is 9.96. The summed E-state index contributed by atoms with van der Waals surface area (Å²) >= 11 is 7.49. The molecular formula is C55H54N12O10S6. The number of fused-ring (bicyclic) bond motifs is 14. The first kappa shape index (κ1) is 58.6. The summed E-state index contributed by atoms with van der Waals surface area (Å²) in [5.74, 6) is -3.41. The second-order valence-corrected chi connectivity index (χ2v) is 25.6. The number of ketones is 1. The number of thiazole rings is 6. The SMILES string of the molecule is C=C1NCC(=O)N[C@@H]([C@@H](O)c2ccccc2)c2nc(cs2)-c2nc(cs2)-c2nc(-c3nc(NC(=O)OC4CC(C(=O)O)C4)cs3)ccc2-c2nc(cs2)C(=O)N[C@@H](CC(=O)NC)c2nc(c(C)s2)C(=O)C[C@H](C(C)C)c2nc1c(COC)s2. The Balaban J connectivity index is 1.03. The van der Waals surface area contributed by atoms with Gasteiger partial charge in [-0.05, 0) is 43.4 Å². The van der Waals surface area contributed by atoms with E-state index in [2.05, 4.69) is 38.1 Å². The number of nitrogens with zero attached hydrogens (tertiary/aromatic N) is 7. The molecule has 1 aliphatic carbocycles. The standard InChI is InChI=1S/C55H54N12O10S6/c1-24(2)31-16-37(68)43-26(4)82-52(67-43)33(17-40(69)56-5)59-47(72)35-21-78-48(61-35)30-12-13-32(50-63-39(23-81-50)64-55(75)77-29-14-28(15-29)54(73)74)58-44(30)34-20-79-51(60-34)36-22-80-53(62-36)45(46(71)27-10-8-7-9-11-27)65-41(70)18-57-25(3)42-38(19-76-6)83-49(31)66-42/h7-13,20-24,28-29,31,33,45-46,57,71H,3,14-19H2,1-2,4-6H3,(H,56,69)(H,59,72)(H,64,75)(H,65,70)(H,73,74)/t28?,29?,31-,33+,45+,46+/m1/s1. The van der Waals surface area contributed by atoms with Crippen LogP contribution in [0.1, 0.15) is 121 Å². The second kappa shape index (κ2) is 25.5. The fourth-order valence-corrected chi connectivity index (χ4v) is 14.7. The van der Waals surface area contributed by atoms with Gasteiger partial charge in [0.05, 0.1) is 52.8 Å². The minimum absolute atomic E-state index is 0.0406. The molecule has 430 valence electrons. The number of carbonyl (C=O) groups is 6. The van der Waals surface area contributed by atoms with Crippen LogP contribution in [0.2, 0.25) is 0 Å². The zero-order chi connectivity index (χ0) is 58.6. The number of aliphatic hydroxyl groups is 1. The van der Waals surface area contributed by atoms with Crippen molar-refractivity contribution < 1.29 is 48.5 Å². The van der Waals surface area contributed by atoms with Gasteiger partial charge < -0.3 is 41.0 Å². The molecule has 7 N–H and O–H groups in total. The molecule has 0 spiro atoms. The smallest absolute Gasteiger partial charge is 0.413 e. The highest BCUT2D eigenvalue weighted by molar-refractivity contribution is 7.15. The van der Waals surface area contributed by atoms with Crippen molar-refractivity contribution in [2.75, 3.05) is 26.0 Å². The number of aryl methyl sites for hydroxylation is 1. The Morgan fingerprint density at radius 1 is 0.783 bits per heavy atom. The number of benzene rings is 1. The predicted octanol–water partition coefficient (Wildman–Crippen LogP) is 9.44. The van der Waals surface area contributed by atoms with Gasteiger partial charge in [-0.3, -0.25) is 29.3 Å². The van der Waals surface area contributed by atoms with Crippen LogP contribution in [-0.4, -0.2) is 107 Å². The highest BCUT2D eigenvalue weighted by Gasteiger charge is 2.38. The Morgan fingerprint density at radius 2 is 1.49 bits per heavy atom. The van der Waals surface area contributed by atoms with E-state index in [0.717, 1.165) is 4.88 Å². The average molecular weight is 1240 g/mol. The number of methoxy groups -OCH3 is 1. The molecule has 4 amide bonds. The Hall–Kier alpha value is -7.57. The minimum Gasteiger partial charge on any atom is -0.481 e. The summed E-state index contributed by atoms with van der Waals surface area (Å²) in [6.07, 6.45) is -2.20. The first-order valence-corrected chi connectivity index (χ1v) is 31.1. The van der Waals surface area contributed by atoms with Crippen LogP contribution >= 0.6 is 68.0 Å². The van der Waals surface area contributed by atoms with E-state index < -0.39 is 54.1 Å². The number of ether oxygens (including phenoxy) is 2. The quantitative estimate of drug-likeness (QED) is 0.0634. The number of aliphatic hydroxyl groups excluding tert-OH is 1. The molecule has 8 heterocycles. The number of pyridine rings is 1. The molecule has 7 aromatic heterocycles. The number of Topliss-reactive ketones (excluding diaryl/α,β-unsaturated/α-hetero) is 1. The van der Waals surface area contributed by atoms with Crippen LogP contribution in [0.4, 0.5) is 10.6 Å². The van der Waals surface area contributed by atoms with E-state index in [-0.39, 0.29) is 79.6 Å². The van der Waals surface area contributed by atoms with E-state index in [1.165, 1.54) is 75.1 Å². The lowest BCUT2D eigenvalue weighted by Crippen LogP contribution is -2.38. The molecule has 1 aliphatic heterocycles. The summed E-state index contributed by atoms with van der Waals surface area (Å²) in [5, 5.41) is 45.0. The van der Waals surface area contributed by atoms with Gasteiger partial charge in [-0.2, -0.15) is 0 Å². The lowest BCUT2D eigenvalue weighted by molar-refractivity contribution is -0.148. The van der Waals surface area contributed by atoms with Crippen LogP contribution in [0.3, 0.4) is 0 Å². The first-order chi connectivity index (χ1) is 39.9. The molecule has 1 saturated carbocycles. The van der Waals surface area contributed by atoms with Crippen molar-refractivity contribution in [3.05, 3.63) is 118 Å². The number of carboxylic acid groups (broad SMARTS) is 1. The monoisotopic (exact) mass is 1230 g/mol. The third kappa shape index (κ3) is 13.3. The normalized spacial score (nSPS) is 19.0. The van der Waals surface area contributed by atoms with Crippen molar-refractivity contribution in [2.24, 2.45) is 11.8 Å².